The topological polar surface area (TPSA) is 121 Å². The number of hydrogen-bond donors (Lipinski definition) is 1. The molecule has 3 saturated heterocycles. The van der Waals surface area contributed by atoms with Crippen LogP contribution in [0.4, 0.5) is 23.3 Å². The van der Waals surface area contributed by atoms with Crippen LogP contribution < -0.4 is 15.1 Å². The van der Waals surface area contributed by atoms with Gasteiger partial charge in [0.05, 0.1) is 11.9 Å². The van der Waals surface area contributed by atoms with E-state index in [-0.39, 0.29) is 35.1 Å². The summed E-state index contributed by atoms with van der Waals surface area (Å²) in [5.74, 6) is 2.34. The summed E-state index contributed by atoms with van der Waals surface area (Å²) in [6, 6.07) is 8.16. The molecule has 2 aromatic heterocycles. The van der Waals surface area contributed by atoms with Crippen LogP contribution in [-0.4, -0.2) is 97.7 Å². The number of hydrogen-bond acceptors (Lipinski definition) is 10. The highest BCUT2D eigenvalue weighted by Gasteiger charge is 2.48. The summed E-state index contributed by atoms with van der Waals surface area (Å²) in [5.41, 5.74) is 1.85. The van der Waals surface area contributed by atoms with E-state index in [2.05, 4.69) is 58.7 Å². The van der Waals surface area contributed by atoms with Gasteiger partial charge >= 0.3 is 0 Å². The predicted octanol–water partition coefficient (Wildman–Crippen LogP) is 3.75. The van der Waals surface area contributed by atoms with E-state index in [9.17, 15) is 13.2 Å². The number of carbonyl (C=O) groups excluding carboxylic acids is 1. The summed E-state index contributed by atoms with van der Waals surface area (Å²) in [4.78, 5) is 32.5. The molecular formula is C32H41N7O4S. The smallest absolute Gasteiger partial charge is 0.245 e. The molecular weight excluding hydrogens is 578 g/mol. The zero-order valence-corrected chi connectivity index (χ0v) is 26.7. The molecule has 0 aliphatic carbocycles. The van der Waals surface area contributed by atoms with Gasteiger partial charge in [-0.1, -0.05) is 12.6 Å². The van der Waals surface area contributed by atoms with Gasteiger partial charge in [0.25, 0.3) is 0 Å². The Bertz CT molecular complexity index is 1680. The van der Waals surface area contributed by atoms with Crippen molar-refractivity contribution >= 4 is 49.8 Å². The Kier molecular flexibility index (Phi) is 8.00. The number of anilines is 4. The van der Waals surface area contributed by atoms with Crippen molar-refractivity contribution in [3.05, 3.63) is 54.9 Å². The van der Waals surface area contributed by atoms with Crippen molar-refractivity contribution in [3.8, 4) is 0 Å². The number of pyridine rings is 1. The molecule has 0 spiro atoms. The lowest BCUT2D eigenvalue weighted by Gasteiger charge is -2.57. The Morgan fingerprint density at radius 2 is 1.86 bits per heavy atom. The Hall–Kier alpha value is -3.77. The Morgan fingerprint density at radius 3 is 2.52 bits per heavy atom. The van der Waals surface area contributed by atoms with Crippen LogP contribution in [0.1, 0.15) is 38.2 Å². The van der Waals surface area contributed by atoms with E-state index in [0.29, 0.717) is 37.2 Å². The molecule has 3 aliphatic rings. The lowest BCUT2D eigenvalue weighted by molar-refractivity contribution is -0.130. The van der Waals surface area contributed by atoms with E-state index in [1.165, 1.54) is 12.3 Å². The van der Waals surface area contributed by atoms with Crippen molar-refractivity contribution in [2.45, 2.75) is 44.2 Å². The molecule has 12 heteroatoms. The summed E-state index contributed by atoms with van der Waals surface area (Å²) < 4.78 is 29.6. The number of piperidine rings is 1. The first-order valence-electron chi connectivity index (χ1n) is 15.1. The summed E-state index contributed by atoms with van der Waals surface area (Å²) in [6.07, 6.45) is 8.46. The zero-order valence-electron chi connectivity index (χ0n) is 25.9. The Labute approximate surface area is 259 Å². The van der Waals surface area contributed by atoms with Gasteiger partial charge in [-0.25, -0.2) is 18.4 Å². The van der Waals surface area contributed by atoms with E-state index in [0.717, 1.165) is 48.0 Å². The molecule has 1 aromatic carbocycles. The van der Waals surface area contributed by atoms with Gasteiger partial charge in [-0.15, -0.1) is 0 Å². The fourth-order valence-electron chi connectivity index (χ4n) is 6.70. The highest BCUT2D eigenvalue weighted by Crippen LogP contribution is 2.45. The second-order valence-corrected chi connectivity index (χ2v) is 15.0. The van der Waals surface area contributed by atoms with Crippen LogP contribution in [-0.2, 0) is 19.4 Å². The summed E-state index contributed by atoms with van der Waals surface area (Å²) in [5, 5.41) is 5.43. The molecule has 11 nitrogen and oxygen atoms in total. The average molecular weight is 620 g/mol. The van der Waals surface area contributed by atoms with Crippen molar-refractivity contribution < 1.29 is 17.9 Å². The number of aromatic nitrogens is 3. The third kappa shape index (κ3) is 5.84. The number of sulfone groups is 1. The number of rotatable bonds is 9. The molecule has 3 fully saturated rings. The summed E-state index contributed by atoms with van der Waals surface area (Å²) >= 11 is 0. The van der Waals surface area contributed by atoms with Crippen molar-refractivity contribution in [3.63, 3.8) is 0 Å². The van der Waals surface area contributed by atoms with Crippen LogP contribution >= 0.6 is 0 Å². The van der Waals surface area contributed by atoms with Crippen LogP contribution in [0.25, 0.3) is 10.8 Å². The maximum Gasteiger partial charge on any atom is 0.245 e. The van der Waals surface area contributed by atoms with Crippen LogP contribution in [0.5, 0.6) is 0 Å². The van der Waals surface area contributed by atoms with Gasteiger partial charge < -0.3 is 24.8 Å². The number of benzene rings is 1. The van der Waals surface area contributed by atoms with Crippen LogP contribution in [0, 0.1) is 5.92 Å². The van der Waals surface area contributed by atoms with Gasteiger partial charge in [-0.2, -0.15) is 4.98 Å². The number of fused-ring (bicyclic) bond motifs is 1. The van der Waals surface area contributed by atoms with Crippen LogP contribution in [0.3, 0.4) is 0 Å². The summed E-state index contributed by atoms with van der Waals surface area (Å²) in [6.45, 7) is 11.4. The summed E-state index contributed by atoms with van der Waals surface area (Å²) in [7, 11) is -1.33. The number of ether oxygens (including phenoxy) is 1. The number of nitrogens with one attached hydrogen (secondary N) is 1. The number of nitrogens with zero attached hydrogens (tertiary/aromatic N) is 6. The minimum Gasteiger partial charge on any atom is -0.381 e. The number of likely N-dealkylation sites (tertiary alicyclic amines) is 1. The van der Waals surface area contributed by atoms with Gasteiger partial charge in [0.2, 0.25) is 11.9 Å². The molecule has 1 atom stereocenters. The minimum atomic E-state index is -3.09. The van der Waals surface area contributed by atoms with Gasteiger partial charge in [0, 0.05) is 86.9 Å². The van der Waals surface area contributed by atoms with E-state index >= 15 is 0 Å². The molecule has 44 heavy (non-hydrogen) atoms. The normalized spacial score (nSPS) is 20.7. The first-order chi connectivity index (χ1) is 21.0. The third-order valence-corrected chi connectivity index (χ3v) is 10.6. The molecule has 1 amide bonds. The highest BCUT2D eigenvalue weighted by molar-refractivity contribution is 7.90. The maximum atomic E-state index is 12.2. The second-order valence-electron chi connectivity index (χ2n) is 12.8. The molecule has 1 N–H and O–H groups in total. The lowest BCUT2D eigenvalue weighted by Crippen LogP contribution is -2.66. The number of carbonyl (C=O) groups is 1. The molecule has 234 valence electrons. The number of amides is 1. The van der Waals surface area contributed by atoms with Gasteiger partial charge in [0.15, 0.2) is 0 Å². The number of methoxy groups -OCH3 is 1. The fraction of sp³-hybridized carbons (Fsp3) is 0.500. The monoisotopic (exact) mass is 619 g/mol. The minimum absolute atomic E-state index is 0.0403. The lowest BCUT2D eigenvalue weighted by atomic mass is 9.77. The first-order valence-corrected chi connectivity index (χ1v) is 17.2. The molecule has 3 aliphatic heterocycles. The van der Waals surface area contributed by atoms with Crippen LogP contribution in [0.2, 0.25) is 0 Å². The quantitative estimate of drug-likeness (QED) is 0.355. The average Bonchev–Trinajstić information content (AvgIpc) is 2.98. The first kappa shape index (κ1) is 30.3. The van der Waals surface area contributed by atoms with Crippen molar-refractivity contribution in [2.24, 2.45) is 5.92 Å². The van der Waals surface area contributed by atoms with Crippen molar-refractivity contribution in [1.29, 1.82) is 0 Å². The molecule has 0 bridgehead atoms. The molecule has 0 saturated carbocycles. The molecule has 6 rings (SSSR count). The predicted molar refractivity (Wildman–Crippen MR) is 173 cm³/mol. The van der Waals surface area contributed by atoms with Gasteiger partial charge in [0.1, 0.15) is 21.5 Å². The zero-order chi connectivity index (χ0) is 31.2. The molecule has 0 unspecified atom stereocenters. The largest absolute Gasteiger partial charge is 0.381 e. The third-order valence-electron chi connectivity index (χ3n) is 9.57. The highest BCUT2D eigenvalue weighted by atomic mass is 32.2. The molecule has 5 heterocycles. The van der Waals surface area contributed by atoms with Gasteiger partial charge in [-0.3, -0.25) is 4.79 Å². The second kappa shape index (κ2) is 11.6. The molecule has 0 radical (unpaired) electrons. The van der Waals surface area contributed by atoms with Crippen LogP contribution in [0.15, 0.2) is 49.3 Å². The Morgan fingerprint density at radius 1 is 1.11 bits per heavy atom. The van der Waals surface area contributed by atoms with E-state index in [1.54, 1.807) is 18.2 Å². The SMILES string of the molecule is C=CC(=O)N1CC(c2ccc(N3C[C@H](CS(C)(=O)=O)C3(C)C)c3cnc(Nc4ccnc(N5CCC(OC)CC5)n4)cc23)C1. The van der Waals surface area contributed by atoms with Gasteiger partial charge in [-0.05, 0) is 61.9 Å². The molecule has 3 aromatic rings. The van der Waals surface area contributed by atoms with E-state index in [4.69, 9.17) is 14.7 Å². The van der Waals surface area contributed by atoms with Crippen molar-refractivity contribution in [1.82, 2.24) is 19.9 Å². The van der Waals surface area contributed by atoms with E-state index < -0.39 is 9.84 Å². The maximum absolute atomic E-state index is 12.2. The van der Waals surface area contributed by atoms with Crippen molar-refractivity contribution in [2.75, 3.05) is 67.0 Å². The Balaban J connectivity index is 1.30. The standard InChI is InChI=1S/C32H41N7O4S/c1-6-30(40)38-17-21(18-38)24-7-8-27(39-19-22(32(39,2)3)20-44(5,41)42)26-16-34-29(15-25(24)26)35-28-9-12-33-31(36-28)37-13-10-23(43-4)11-14-37/h6-9,12,15-16,21-23H,1,10-11,13-14,17-20H2,2-5H3,(H,33,34,35,36)/t22-/m1/s1. The fourth-order valence-corrected chi connectivity index (χ4v) is 7.95. The van der Waals surface area contributed by atoms with E-state index in [1.807, 2.05) is 12.3 Å².